The largest absolute Gasteiger partial charge is 0.490 e. The first-order valence-corrected chi connectivity index (χ1v) is 11.1. The van der Waals surface area contributed by atoms with E-state index in [4.69, 9.17) is 21.7 Å². The van der Waals surface area contributed by atoms with E-state index in [1.54, 1.807) is 41.8 Å². The summed E-state index contributed by atoms with van der Waals surface area (Å²) in [5.41, 5.74) is 3.20. The maximum Gasteiger partial charge on any atom is 0.343 e. The van der Waals surface area contributed by atoms with E-state index in [-0.39, 0.29) is 10.9 Å². The van der Waals surface area contributed by atoms with Gasteiger partial charge in [-0.15, -0.1) is 11.3 Å². The van der Waals surface area contributed by atoms with Crippen LogP contribution < -0.4 is 14.9 Å². The number of benzene rings is 1. The van der Waals surface area contributed by atoms with Gasteiger partial charge in [0.2, 0.25) is 0 Å². The molecule has 1 N–H and O–H groups in total. The first kappa shape index (κ1) is 22.8. The Morgan fingerprint density at radius 3 is 2.71 bits per heavy atom. The van der Waals surface area contributed by atoms with Gasteiger partial charge >= 0.3 is 5.97 Å². The van der Waals surface area contributed by atoms with E-state index >= 15 is 0 Å². The molecular formula is C20H18N2O6S3. The second-order valence-electron chi connectivity index (χ2n) is 5.94. The van der Waals surface area contributed by atoms with Crippen LogP contribution in [0.4, 0.5) is 0 Å². The molecule has 2 heterocycles. The van der Waals surface area contributed by atoms with Crippen LogP contribution >= 0.6 is 35.3 Å². The highest BCUT2D eigenvalue weighted by Crippen LogP contribution is 2.34. The smallest absolute Gasteiger partial charge is 0.343 e. The van der Waals surface area contributed by atoms with Gasteiger partial charge in [0.05, 0.1) is 23.5 Å². The molecule has 1 aromatic heterocycles. The molecule has 2 aromatic rings. The zero-order valence-electron chi connectivity index (χ0n) is 16.6. The van der Waals surface area contributed by atoms with Gasteiger partial charge in [-0.05, 0) is 54.4 Å². The number of thioether (sulfide) groups is 1. The van der Waals surface area contributed by atoms with Crippen LogP contribution in [-0.4, -0.2) is 47.4 Å². The summed E-state index contributed by atoms with van der Waals surface area (Å²) in [6.07, 6.45) is 1.64. The number of carbonyl (C=O) groups excluding carboxylic acids is 3. The summed E-state index contributed by atoms with van der Waals surface area (Å²) in [6.45, 7) is 1.95. The molecule has 1 fully saturated rings. The number of thiocarbonyl (C=S) groups is 1. The lowest BCUT2D eigenvalue weighted by Gasteiger charge is -2.14. The molecule has 3 rings (SSSR count). The van der Waals surface area contributed by atoms with E-state index < -0.39 is 17.8 Å². The Morgan fingerprint density at radius 2 is 2.03 bits per heavy atom. The zero-order valence-corrected chi connectivity index (χ0v) is 19.0. The number of nitrogens with one attached hydrogen (secondary N) is 1. The van der Waals surface area contributed by atoms with Crippen LogP contribution in [0.1, 0.15) is 22.2 Å². The zero-order chi connectivity index (χ0) is 22.4. The Bertz CT molecular complexity index is 1040. The van der Waals surface area contributed by atoms with Crippen molar-refractivity contribution in [3.05, 3.63) is 51.1 Å². The number of carbonyl (C=O) groups is 3. The Hall–Kier alpha value is -2.89. The fraction of sp³-hybridized carbons (Fsp3) is 0.200. The molecule has 0 unspecified atom stereocenters. The Labute approximate surface area is 192 Å². The molecule has 1 aliphatic heterocycles. The molecule has 8 nitrogen and oxygen atoms in total. The van der Waals surface area contributed by atoms with Gasteiger partial charge in [-0.2, -0.15) is 5.01 Å². The summed E-state index contributed by atoms with van der Waals surface area (Å²) in [7, 11) is 1.28. The molecular weight excluding hydrogens is 460 g/mol. The summed E-state index contributed by atoms with van der Waals surface area (Å²) >= 11 is 7.59. The number of thiophene rings is 1. The van der Waals surface area contributed by atoms with E-state index in [1.807, 2.05) is 6.92 Å². The predicted molar refractivity (Wildman–Crippen MR) is 122 cm³/mol. The van der Waals surface area contributed by atoms with Crippen molar-refractivity contribution in [2.24, 2.45) is 0 Å². The van der Waals surface area contributed by atoms with Crippen molar-refractivity contribution in [3.63, 3.8) is 0 Å². The number of methoxy groups -OCH3 is 1. The van der Waals surface area contributed by atoms with Crippen molar-refractivity contribution in [2.45, 2.75) is 6.92 Å². The fourth-order valence-electron chi connectivity index (χ4n) is 2.48. The summed E-state index contributed by atoms with van der Waals surface area (Å²) in [5.74, 6) is -0.552. The highest BCUT2D eigenvalue weighted by atomic mass is 32.2. The van der Waals surface area contributed by atoms with Crippen LogP contribution in [0.5, 0.6) is 11.5 Å². The third-order valence-electron chi connectivity index (χ3n) is 3.89. The van der Waals surface area contributed by atoms with Gasteiger partial charge in [0.15, 0.2) is 22.4 Å². The first-order valence-electron chi connectivity index (χ1n) is 9.01. The van der Waals surface area contributed by atoms with Gasteiger partial charge in [0, 0.05) is 0 Å². The Balaban J connectivity index is 1.76. The molecule has 1 saturated heterocycles. The molecule has 162 valence electrons. The number of esters is 1. The van der Waals surface area contributed by atoms with Gasteiger partial charge in [0.25, 0.3) is 11.8 Å². The van der Waals surface area contributed by atoms with E-state index in [0.29, 0.717) is 33.5 Å². The van der Waals surface area contributed by atoms with Crippen molar-refractivity contribution < 1.29 is 28.6 Å². The van der Waals surface area contributed by atoms with E-state index in [0.717, 1.165) is 16.8 Å². The van der Waals surface area contributed by atoms with Gasteiger partial charge in [-0.1, -0.05) is 23.9 Å². The topological polar surface area (TPSA) is 94.2 Å². The normalized spacial score (nSPS) is 14.6. The molecule has 1 aliphatic rings. The van der Waals surface area contributed by atoms with E-state index in [1.165, 1.54) is 18.4 Å². The van der Waals surface area contributed by atoms with Crippen LogP contribution in [0.2, 0.25) is 0 Å². The van der Waals surface area contributed by atoms with Crippen molar-refractivity contribution in [1.29, 1.82) is 0 Å². The number of ether oxygens (including phenoxy) is 3. The lowest BCUT2D eigenvalue weighted by molar-refractivity contribution is -0.142. The lowest BCUT2D eigenvalue weighted by atomic mass is 10.2. The molecule has 0 saturated carbocycles. The Morgan fingerprint density at radius 1 is 1.23 bits per heavy atom. The van der Waals surface area contributed by atoms with E-state index in [9.17, 15) is 14.4 Å². The third-order valence-corrected chi connectivity index (χ3v) is 6.06. The van der Waals surface area contributed by atoms with Crippen LogP contribution in [0, 0.1) is 0 Å². The second-order valence-corrected chi connectivity index (χ2v) is 8.56. The second kappa shape index (κ2) is 10.4. The van der Waals surface area contributed by atoms with Gasteiger partial charge < -0.3 is 14.2 Å². The highest BCUT2D eigenvalue weighted by Gasteiger charge is 2.34. The predicted octanol–water partition coefficient (Wildman–Crippen LogP) is 3.24. The van der Waals surface area contributed by atoms with Crippen LogP contribution in [-0.2, 0) is 14.3 Å². The van der Waals surface area contributed by atoms with Gasteiger partial charge in [-0.25, -0.2) is 4.79 Å². The maximum atomic E-state index is 12.7. The van der Waals surface area contributed by atoms with Crippen molar-refractivity contribution in [1.82, 2.24) is 10.4 Å². The molecule has 0 bridgehead atoms. The van der Waals surface area contributed by atoms with Crippen LogP contribution in [0.3, 0.4) is 0 Å². The summed E-state index contributed by atoms with van der Waals surface area (Å²) in [4.78, 5) is 37.1. The molecule has 2 amide bonds. The molecule has 0 spiro atoms. The van der Waals surface area contributed by atoms with Crippen LogP contribution in [0.25, 0.3) is 6.08 Å². The van der Waals surface area contributed by atoms with Crippen molar-refractivity contribution in [2.75, 3.05) is 20.3 Å². The molecule has 31 heavy (non-hydrogen) atoms. The van der Waals surface area contributed by atoms with Crippen molar-refractivity contribution >= 4 is 63.5 Å². The minimum Gasteiger partial charge on any atom is -0.490 e. The number of rotatable bonds is 8. The minimum absolute atomic E-state index is 0.226. The third kappa shape index (κ3) is 5.63. The summed E-state index contributed by atoms with van der Waals surface area (Å²) in [5, 5.41) is 2.83. The number of amides is 2. The average molecular weight is 479 g/mol. The molecule has 0 aliphatic carbocycles. The minimum atomic E-state index is -0.514. The molecule has 11 heteroatoms. The molecule has 0 radical (unpaired) electrons. The van der Waals surface area contributed by atoms with Crippen molar-refractivity contribution in [3.8, 4) is 11.5 Å². The van der Waals surface area contributed by atoms with Gasteiger partial charge in [-0.3, -0.25) is 15.0 Å². The van der Waals surface area contributed by atoms with Gasteiger partial charge in [0.1, 0.15) is 0 Å². The van der Waals surface area contributed by atoms with E-state index in [2.05, 4.69) is 10.2 Å². The monoisotopic (exact) mass is 478 g/mol. The fourth-order valence-corrected chi connectivity index (χ4v) is 4.27. The molecule has 0 atom stereocenters. The SMILES string of the molecule is CCOc1cc(/C=C2/SC(=S)N(NC(=O)c3cccs3)C2=O)ccc1OCC(=O)OC. The maximum absolute atomic E-state index is 12.7. The average Bonchev–Trinajstić information content (AvgIpc) is 3.38. The molecule has 1 aromatic carbocycles. The Kier molecular flexibility index (Phi) is 7.66. The number of nitrogens with zero attached hydrogens (tertiary/aromatic N) is 1. The lowest BCUT2D eigenvalue weighted by Crippen LogP contribution is -2.44. The first-order chi connectivity index (χ1) is 14.9. The number of hydrogen-bond donors (Lipinski definition) is 1. The quantitative estimate of drug-likeness (QED) is 0.351. The standard InChI is InChI=1S/C20H18N2O6S3/c1-3-27-14-9-12(6-7-13(14)28-11-17(23)26-2)10-16-19(25)22(20(29)31-16)21-18(24)15-5-4-8-30-15/h4-10H,3,11H2,1-2H3,(H,21,24)/b16-10+. The number of hydrogen-bond acceptors (Lipinski definition) is 9. The highest BCUT2D eigenvalue weighted by molar-refractivity contribution is 8.26. The van der Waals surface area contributed by atoms with Crippen LogP contribution in [0.15, 0.2) is 40.6 Å². The summed E-state index contributed by atoms with van der Waals surface area (Å²) < 4.78 is 15.8. The summed E-state index contributed by atoms with van der Waals surface area (Å²) in [6, 6.07) is 8.45. The number of hydrazine groups is 1.